The lowest BCUT2D eigenvalue weighted by atomic mass is 10.0. The summed E-state index contributed by atoms with van der Waals surface area (Å²) in [6, 6.07) is 14.3. The van der Waals surface area contributed by atoms with E-state index in [1.54, 1.807) is 0 Å². The summed E-state index contributed by atoms with van der Waals surface area (Å²) < 4.78 is 0. The second-order valence-corrected chi connectivity index (χ2v) is 6.32. The zero-order chi connectivity index (χ0) is 16.8. The predicted octanol–water partition coefficient (Wildman–Crippen LogP) is 4.87. The number of benzene rings is 2. The van der Waals surface area contributed by atoms with Crippen molar-refractivity contribution in [2.24, 2.45) is 0 Å². The molecule has 0 bridgehead atoms. The number of aryl methyl sites for hydroxylation is 2. The number of amides is 1. The fourth-order valence-corrected chi connectivity index (χ4v) is 2.50. The van der Waals surface area contributed by atoms with Crippen LogP contribution in [0.15, 0.2) is 42.5 Å². The zero-order valence-electron chi connectivity index (χ0n) is 14.4. The maximum Gasteiger partial charge on any atom is 0.226 e. The van der Waals surface area contributed by atoms with Crippen LogP contribution in [0.1, 0.15) is 42.9 Å². The Hall–Kier alpha value is -2.29. The quantitative estimate of drug-likeness (QED) is 0.799. The molecule has 0 fully saturated rings. The summed E-state index contributed by atoms with van der Waals surface area (Å²) in [4.78, 5) is 12.0. The number of anilines is 2. The molecule has 122 valence electrons. The van der Waals surface area contributed by atoms with Gasteiger partial charge in [-0.25, -0.2) is 0 Å². The van der Waals surface area contributed by atoms with E-state index in [9.17, 15) is 4.79 Å². The van der Waals surface area contributed by atoms with Gasteiger partial charge < -0.3 is 10.6 Å². The molecule has 0 radical (unpaired) electrons. The summed E-state index contributed by atoms with van der Waals surface area (Å²) in [5, 5.41) is 6.26. The van der Waals surface area contributed by atoms with Crippen LogP contribution in [0, 0.1) is 13.8 Å². The number of rotatable bonds is 6. The van der Waals surface area contributed by atoms with E-state index >= 15 is 0 Å². The van der Waals surface area contributed by atoms with Crippen LogP contribution in [-0.4, -0.2) is 12.5 Å². The Bertz CT molecular complexity index is 660. The third-order valence-corrected chi connectivity index (χ3v) is 3.91. The first kappa shape index (κ1) is 17.1. The van der Waals surface area contributed by atoms with Gasteiger partial charge in [0.1, 0.15) is 0 Å². The third-order valence-electron chi connectivity index (χ3n) is 3.91. The Labute approximate surface area is 139 Å². The van der Waals surface area contributed by atoms with E-state index in [4.69, 9.17) is 0 Å². The molecule has 0 spiro atoms. The van der Waals surface area contributed by atoms with Crippen molar-refractivity contribution in [3.05, 3.63) is 59.2 Å². The van der Waals surface area contributed by atoms with Crippen LogP contribution in [-0.2, 0) is 4.79 Å². The lowest BCUT2D eigenvalue weighted by Crippen LogP contribution is -2.16. The van der Waals surface area contributed by atoms with Gasteiger partial charge in [-0.05, 0) is 49.1 Å². The Kier molecular flexibility index (Phi) is 5.80. The largest absolute Gasteiger partial charge is 0.384 e. The molecule has 0 atom stereocenters. The number of hydrogen-bond donors (Lipinski definition) is 2. The lowest BCUT2D eigenvalue weighted by Gasteiger charge is -2.11. The molecule has 2 aromatic rings. The molecule has 0 aromatic heterocycles. The van der Waals surface area contributed by atoms with Crippen molar-refractivity contribution in [3.63, 3.8) is 0 Å². The van der Waals surface area contributed by atoms with Crippen molar-refractivity contribution in [1.29, 1.82) is 0 Å². The molecule has 0 aliphatic carbocycles. The maximum atomic E-state index is 12.0. The van der Waals surface area contributed by atoms with Crippen LogP contribution in [0.25, 0.3) is 0 Å². The summed E-state index contributed by atoms with van der Waals surface area (Å²) in [7, 11) is 0. The zero-order valence-corrected chi connectivity index (χ0v) is 14.4. The number of carbonyl (C=O) groups is 1. The first-order valence-electron chi connectivity index (χ1n) is 8.16. The van der Waals surface area contributed by atoms with E-state index in [0.717, 1.165) is 11.4 Å². The molecule has 2 rings (SSSR count). The monoisotopic (exact) mass is 310 g/mol. The van der Waals surface area contributed by atoms with Crippen LogP contribution < -0.4 is 10.6 Å². The van der Waals surface area contributed by atoms with Crippen LogP contribution in [0.3, 0.4) is 0 Å². The van der Waals surface area contributed by atoms with E-state index in [1.165, 1.54) is 16.7 Å². The van der Waals surface area contributed by atoms with Gasteiger partial charge in [0.15, 0.2) is 0 Å². The van der Waals surface area contributed by atoms with Crippen LogP contribution in [0.5, 0.6) is 0 Å². The molecule has 2 N–H and O–H groups in total. The minimum absolute atomic E-state index is 0.0274. The van der Waals surface area contributed by atoms with Gasteiger partial charge in [-0.3, -0.25) is 4.79 Å². The van der Waals surface area contributed by atoms with Gasteiger partial charge >= 0.3 is 0 Å². The molecule has 0 unspecified atom stereocenters. The van der Waals surface area contributed by atoms with Crippen molar-refractivity contribution in [2.75, 3.05) is 17.2 Å². The van der Waals surface area contributed by atoms with Crippen molar-refractivity contribution in [1.82, 2.24) is 0 Å². The minimum Gasteiger partial charge on any atom is -0.384 e. The average Bonchev–Trinajstić information content (AvgIpc) is 2.50. The smallest absolute Gasteiger partial charge is 0.226 e. The normalized spacial score (nSPS) is 10.7. The van der Waals surface area contributed by atoms with Gasteiger partial charge in [-0.15, -0.1) is 0 Å². The summed E-state index contributed by atoms with van der Waals surface area (Å²) in [6.45, 7) is 9.10. The number of nitrogens with one attached hydrogen (secondary N) is 2. The summed E-state index contributed by atoms with van der Waals surface area (Å²) in [5.74, 6) is 0.529. The number of carbonyl (C=O) groups excluding carboxylic acids is 1. The van der Waals surface area contributed by atoms with E-state index in [-0.39, 0.29) is 5.91 Å². The van der Waals surface area contributed by atoms with Gasteiger partial charge in [0.05, 0.1) is 0 Å². The fourth-order valence-electron chi connectivity index (χ4n) is 2.50. The molecule has 1 amide bonds. The van der Waals surface area contributed by atoms with E-state index < -0.39 is 0 Å². The highest BCUT2D eigenvalue weighted by Gasteiger charge is 2.04. The Morgan fingerprint density at radius 2 is 1.74 bits per heavy atom. The first-order chi connectivity index (χ1) is 11.0. The third kappa shape index (κ3) is 5.13. The Morgan fingerprint density at radius 3 is 2.35 bits per heavy atom. The van der Waals surface area contributed by atoms with Crippen LogP contribution in [0.2, 0.25) is 0 Å². The van der Waals surface area contributed by atoms with Gasteiger partial charge in [-0.1, -0.05) is 43.7 Å². The highest BCUT2D eigenvalue weighted by atomic mass is 16.1. The molecule has 0 aliphatic heterocycles. The van der Waals surface area contributed by atoms with Crippen molar-refractivity contribution < 1.29 is 4.79 Å². The van der Waals surface area contributed by atoms with Gasteiger partial charge in [0, 0.05) is 24.3 Å². The average molecular weight is 310 g/mol. The van der Waals surface area contributed by atoms with Crippen molar-refractivity contribution in [2.45, 2.75) is 40.0 Å². The molecule has 2 aromatic carbocycles. The van der Waals surface area contributed by atoms with Crippen molar-refractivity contribution in [3.8, 4) is 0 Å². The number of hydrogen-bond acceptors (Lipinski definition) is 2. The molecular weight excluding hydrogens is 284 g/mol. The predicted molar refractivity (Wildman–Crippen MR) is 98.2 cm³/mol. The minimum atomic E-state index is 0.0274. The first-order valence-corrected chi connectivity index (χ1v) is 8.16. The van der Waals surface area contributed by atoms with Crippen LogP contribution >= 0.6 is 0 Å². The summed E-state index contributed by atoms with van der Waals surface area (Å²) >= 11 is 0. The molecule has 0 saturated heterocycles. The van der Waals surface area contributed by atoms with Gasteiger partial charge in [-0.2, -0.15) is 0 Å². The molecular formula is C20H26N2O. The molecule has 23 heavy (non-hydrogen) atoms. The van der Waals surface area contributed by atoms with Crippen LogP contribution in [0.4, 0.5) is 11.4 Å². The molecule has 0 heterocycles. The molecule has 3 heteroatoms. The standard InChI is InChI=1S/C20H26N2O/c1-14(2)17-6-8-18(9-7-17)22-20(23)11-12-21-19-10-5-15(3)13-16(19)4/h5-10,13-14,21H,11-12H2,1-4H3,(H,22,23). The molecule has 0 saturated carbocycles. The molecule has 3 nitrogen and oxygen atoms in total. The second-order valence-electron chi connectivity index (χ2n) is 6.32. The maximum absolute atomic E-state index is 12.0. The van der Waals surface area contributed by atoms with Gasteiger partial charge in [0.2, 0.25) is 5.91 Å². The van der Waals surface area contributed by atoms with E-state index in [2.05, 4.69) is 68.7 Å². The highest BCUT2D eigenvalue weighted by Crippen LogP contribution is 2.18. The Morgan fingerprint density at radius 1 is 1.04 bits per heavy atom. The second kappa shape index (κ2) is 7.82. The van der Waals surface area contributed by atoms with E-state index in [1.807, 2.05) is 12.1 Å². The highest BCUT2D eigenvalue weighted by molar-refractivity contribution is 5.91. The van der Waals surface area contributed by atoms with E-state index in [0.29, 0.717) is 18.9 Å². The molecule has 0 aliphatic rings. The lowest BCUT2D eigenvalue weighted by molar-refractivity contribution is -0.115. The van der Waals surface area contributed by atoms with Gasteiger partial charge in [0.25, 0.3) is 0 Å². The summed E-state index contributed by atoms with van der Waals surface area (Å²) in [6.07, 6.45) is 0.444. The Balaban J connectivity index is 1.80. The summed E-state index contributed by atoms with van der Waals surface area (Å²) in [5.41, 5.74) is 5.67. The van der Waals surface area contributed by atoms with Crippen molar-refractivity contribution >= 4 is 17.3 Å². The SMILES string of the molecule is Cc1ccc(NCCC(=O)Nc2ccc(C(C)C)cc2)c(C)c1. The fraction of sp³-hybridized carbons (Fsp3) is 0.350. The topological polar surface area (TPSA) is 41.1 Å².